The van der Waals surface area contributed by atoms with Gasteiger partial charge in [-0.1, -0.05) is 12.1 Å². The summed E-state index contributed by atoms with van der Waals surface area (Å²) < 4.78 is 39.6. The van der Waals surface area contributed by atoms with E-state index in [1.54, 1.807) is 13.0 Å². The Bertz CT molecular complexity index is 388. The van der Waals surface area contributed by atoms with E-state index < -0.39 is 6.36 Å². The van der Waals surface area contributed by atoms with E-state index in [0.717, 1.165) is 0 Å². The van der Waals surface area contributed by atoms with Crippen molar-refractivity contribution < 1.29 is 17.9 Å². The van der Waals surface area contributed by atoms with Crippen molar-refractivity contribution in [2.24, 2.45) is 10.7 Å². The second kappa shape index (κ2) is 4.87. The number of rotatable bonds is 3. The predicted molar refractivity (Wildman–Crippen MR) is 54.4 cm³/mol. The zero-order chi connectivity index (χ0) is 12.2. The van der Waals surface area contributed by atoms with Gasteiger partial charge in [0.15, 0.2) is 0 Å². The molecule has 1 rings (SSSR count). The largest absolute Gasteiger partial charge is 0.573 e. The average Bonchev–Trinajstić information content (AvgIpc) is 2.16. The van der Waals surface area contributed by atoms with Gasteiger partial charge in [0.05, 0.1) is 0 Å². The molecule has 0 atom stereocenters. The Morgan fingerprint density at radius 1 is 1.44 bits per heavy atom. The van der Waals surface area contributed by atoms with Gasteiger partial charge < -0.3 is 10.5 Å². The maximum Gasteiger partial charge on any atom is 0.573 e. The van der Waals surface area contributed by atoms with E-state index in [-0.39, 0.29) is 11.6 Å². The maximum atomic E-state index is 11.9. The van der Waals surface area contributed by atoms with Crippen molar-refractivity contribution in [3.63, 3.8) is 0 Å². The molecule has 0 radical (unpaired) electrons. The van der Waals surface area contributed by atoms with Crippen LogP contribution in [0.25, 0.3) is 0 Å². The SMILES string of the molecule is CCN=C(N)c1cccc(OC(F)(F)F)c1. The highest BCUT2D eigenvalue weighted by Crippen LogP contribution is 2.23. The molecule has 88 valence electrons. The number of nitrogens with two attached hydrogens (primary N) is 1. The lowest BCUT2D eigenvalue weighted by Gasteiger charge is -2.09. The Balaban J connectivity index is 2.91. The zero-order valence-corrected chi connectivity index (χ0v) is 8.58. The molecule has 0 aromatic heterocycles. The summed E-state index contributed by atoms with van der Waals surface area (Å²) in [5, 5.41) is 0. The van der Waals surface area contributed by atoms with Crippen LogP contribution < -0.4 is 10.5 Å². The van der Waals surface area contributed by atoms with E-state index in [1.807, 2.05) is 0 Å². The molecule has 1 aromatic rings. The van der Waals surface area contributed by atoms with Crippen LogP contribution in [0.4, 0.5) is 13.2 Å². The molecule has 0 fully saturated rings. The predicted octanol–water partition coefficient (Wildman–Crippen LogP) is 2.31. The first-order valence-corrected chi connectivity index (χ1v) is 4.58. The van der Waals surface area contributed by atoms with Crippen molar-refractivity contribution in [1.29, 1.82) is 0 Å². The Morgan fingerprint density at radius 2 is 2.12 bits per heavy atom. The molecular formula is C10H11F3N2O. The minimum absolute atomic E-state index is 0.190. The van der Waals surface area contributed by atoms with Gasteiger partial charge in [0.1, 0.15) is 11.6 Å². The van der Waals surface area contributed by atoms with E-state index in [4.69, 9.17) is 5.73 Å². The first kappa shape index (κ1) is 12.4. The van der Waals surface area contributed by atoms with Gasteiger partial charge in [-0.05, 0) is 19.1 Å². The Hall–Kier alpha value is -1.72. The van der Waals surface area contributed by atoms with Crippen LogP contribution in [0.15, 0.2) is 29.3 Å². The summed E-state index contributed by atoms with van der Waals surface area (Å²) in [7, 11) is 0. The van der Waals surface area contributed by atoms with Crippen molar-refractivity contribution in [1.82, 2.24) is 0 Å². The Kier molecular flexibility index (Phi) is 3.76. The average molecular weight is 232 g/mol. The van der Waals surface area contributed by atoms with Crippen LogP contribution in [0.3, 0.4) is 0 Å². The summed E-state index contributed by atoms with van der Waals surface area (Å²) in [5.74, 6) is -0.116. The fraction of sp³-hybridized carbons (Fsp3) is 0.300. The fourth-order valence-electron chi connectivity index (χ4n) is 1.11. The number of benzene rings is 1. The number of ether oxygens (including phenoxy) is 1. The Morgan fingerprint density at radius 3 is 2.69 bits per heavy atom. The molecule has 0 aliphatic rings. The molecule has 1 aromatic carbocycles. The van der Waals surface area contributed by atoms with Crippen molar-refractivity contribution in [3.8, 4) is 5.75 Å². The van der Waals surface area contributed by atoms with E-state index in [9.17, 15) is 13.2 Å². The molecule has 6 heteroatoms. The van der Waals surface area contributed by atoms with Crippen LogP contribution in [0.1, 0.15) is 12.5 Å². The second-order valence-electron chi connectivity index (χ2n) is 2.94. The monoisotopic (exact) mass is 232 g/mol. The standard InChI is InChI=1S/C10H11F3N2O/c1-2-15-9(14)7-4-3-5-8(6-7)16-10(11,12)13/h3-6H,2H2,1H3,(H2,14,15). The van der Waals surface area contributed by atoms with Crippen molar-refractivity contribution in [2.45, 2.75) is 13.3 Å². The van der Waals surface area contributed by atoms with Gasteiger partial charge in [0.25, 0.3) is 0 Å². The van der Waals surface area contributed by atoms with Gasteiger partial charge in [-0.25, -0.2) is 0 Å². The highest BCUT2D eigenvalue weighted by atomic mass is 19.4. The first-order chi connectivity index (χ1) is 7.42. The van der Waals surface area contributed by atoms with E-state index in [0.29, 0.717) is 12.1 Å². The quantitative estimate of drug-likeness (QED) is 0.642. The highest BCUT2D eigenvalue weighted by molar-refractivity contribution is 5.97. The third kappa shape index (κ3) is 3.80. The lowest BCUT2D eigenvalue weighted by molar-refractivity contribution is -0.274. The summed E-state index contributed by atoms with van der Waals surface area (Å²) in [6.07, 6.45) is -4.70. The van der Waals surface area contributed by atoms with E-state index in [2.05, 4.69) is 9.73 Å². The minimum atomic E-state index is -4.70. The molecule has 0 saturated carbocycles. The van der Waals surface area contributed by atoms with Gasteiger partial charge in [0, 0.05) is 12.1 Å². The highest BCUT2D eigenvalue weighted by Gasteiger charge is 2.31. The second-order valence-corrected chi connectivity index (χ2v) is 2.94. The van der Waals surface area contributed by atoms with Crippen LogP contribution >= 0.6 is 0 Å². The molecule has 0 aliphatic heterocycles. The molecule has 3 nitrogen and oxygen atoms in total. The normalized spacial score (nSPS) is 12.6. The molecule has 16 heavy (non-hydrogen) atoms. The molecule has 0 saturated heterocycles. The van der Waals surface area contributed by atoms with Crippen LogP contribution in [-0.2, 0) is 0 Å². The number of halogens is 3. The van der Waals surface area contributed by atoms with E-state index >= 15 is 0 Å². The third-order valence-electron chi connectivity index (χ3n) is 1.69. The van der Waals surface area contributed by atoms with Gasteiger partial charge in [-0.3, -0.25) is 4.99 Å². The zero-order valence-electron chi connectivity index (χ0n) is 8.58. The van der Waals surface area contributed by atoms with Gasteiger partial charge in [-0.2, -0.15) is 0 Å². The molecule has 0 spiro atoms. The number of hydrogen-bond donors (Lipinski definition) is 1. The molecule has 0 amide bonds. The van der Waals surface area contributed by atoms with Crippen LogP contribution in [0, 0.1) is 0 Å². The summed E-state index contributed by atoms with van der Waals surface area (Å²) in [4.78, 5) is 3.89. The maximum absolute atomic E-state index is 11.9. The topological polar surface area (TPSA) is 47.6 Å². The molecule has 0 bridgehead atoms. The van der Waals surface area contributed by atoms with Crippen LogP contribution in [0.5, 0.6) is 5.75 Å². The lowest BCUT2D eigenvalue weighted by atomic mass is 10.2. The smallest absolute Gasteiger partial charge is 0.406 e. The van der Waals surface area contributed by atoms with E-state index in [1.165, 1.54) is 18.2 Å². The van der Waals surface area contributed by atoms with Crippen molar-refractivity contribution in [3.05, 3.63) is 29.8 Å². The summed E-state index contributed by atoms with van der Waals surface area (Å²) in [5.41, 5.74) is 5.96. The van der Waals surface area contributed by atoms with Crippen LogP contribution in [-0.4, -0.2) is 18.7 Å². The van der Waals surface area contributed by atoms with Crippen molar-refractivity contribution >= 4 is 5.84 Å². The molecule has 0 heterocycles. The van der Waals surface area contributed by atoms with Gasteiger partial charge in [0.2, 0.25) is 0 Å². The molecule has 0 aliphatic carbocycles. The van der Waals surface area contributed by atoms with Gasteiger partial charge >= 0.3 is 6.36 Å². The summed E-state index contributed by atoms with van der Waals surface area (Å²) in [6.45, 7) is 2.25. The number of alkyl halides is 3. The van der Waals surface area contributed by atoms with Gasteiger partial charge in [-0.15, -0.1) is 13.2 Å². The third-order valence-corrected chi connectivity index (χ3v) is 1.69. The van der Waals surface area contributed by atoms with Crippen molar-refractivity contribution in [2.75, 3.05) is 6.54 Å². The number of amidine groups is 1. The fourth-order valence-corrected chi connectivity index (χ4v) is 1.11. The number of hydrogen-bond acceptors (Lipinski definition) is 2. The van der Waals surface area contributed by atoms with Crippen LogP contribution in [0.2, 0.25) is 0 Å². The lowest BCUT2D eigenvalue weighted by Crippen LogP contribution is -2.18. The summed E-state index contributed by atoms with van der Waals surface area (Å²) >= 11 is 0. The minimum Gasteiger partial charge on any atom is -0.406 e. The number of aliphatic imine (C=N–C) groups is 1. The molecule has 2 N–H and O–H groups in total. The summed E-state index contributed by atoms with van der Waals surface area (Å²) in [6, 6.07) is 5.39. The Labute approximate surface area is 90.7 Å². The molecule has 0 unspecified atom stereocenters. The number of nitrogens with zero attached hydrogens (tertiary/aromatic N) is 1. The molecular weight excluding hydrogens is 221 g/mol. The first-order valence-electron chi connectivity index (χ1n) is 4.58.